The van der Waals surface area contributed by atoms with Gasteiger partial charge in [0.15, 0.2) is 0 Å². The highest BCUT2D eigenvalue weighted by Gasteiger charge is 2.27. The summed E-state index contributed by atoms with van der Waals surface area (Å²) in [5.74, 6) is 0.131. The Labute approximate surface area is 90.3 Å². The summed E-state index contributed by atoms with van der Waals surface area (Å²) in [6.07, 6.45) is 2.84. The summed E-state index contributed by atoms with van der Waals surface area (Å²) in [5, 5.41) is 3.18. The van der Waals surface area contributed by atoms with E-state index in [9.17, 15) is 4.79 Å². The monoisotopic (exact) mass is 210 g/mol. The summed E-state index contributed by atoms with van der Waals surface area (Å²) in [7, 11) is 0. The fourth-order valence-corrected chi connectivity index (χ4v) is 1.90. The van der Waals surface area contributed by atoms with Crippen LogP contribution in [0.4, 0.5) is 0 Å². The van der Waals surface area contributed by atoms with Crippen LogP contribution in [-0.4, -0.2) is 49.7 Å². The number of morpholine rings is 1. The largest absolute Gasteiger partial charge is 0.366 e. The Morgan fingerprint density at radius 1 is 1.67 bits per heavy atom. The molecule has 4 nitrogen and oxygen atoms in total. The third-order valence-corrected chi connectivity index (χ3v) is 2.95. The maximum atomic E-state index is 12.0. The second kappa shape index (κ2) is 4.77. The van der Waals surface area contributed by atoms with Crippen LogP contribution in [0, 0.1) is 0 Å². The van der Waals surface area contributed by atoms with Gasteiger partial charge < -0.3 is 15.0 Å². The fourth-order valence-electron chi connectivity index (χ4n) is 1.90. The number of ether oxygens (including phenoxy) is 1. The summed E-state index contributed by atoms with van der Waals surface area (Å²) in [5.41, 5.74) is 1.38. The molecule has 2 rings (SSSR count). The van der Waals surface area contributed by atoms with Crippen LogP contribution >= 0.6 is 0 Å². The number of carbonyl (C=O) groups is 1. The first-order valence-corrected chi connectivity index (χ1v) is 5.54. The van der Waals surface area contributed by atoms with Crippen LogP contribution < -0.4 is 5.32 Å². The highest BCUT2D eigenvalue weighted by molar-refractivity contribution is 5.81. The summed E-state index contributed by atoms with van der Waals surface area (Å²) in [4.78, 5) is 13.9. The number of amides is 1. The molecule has 0 saturated carbocycles. The van der Waals surface area contributed by atoms with Crippen LogP contribution in [-0.2, 0) is 9.53 Å². The molecule has 1 N–H and O–H groups in total. The van der Waals surface area contributed by atoms with Crippen molar-refractivity contribution in [2.24, 2.45) is 0 Å². The second-order valence-electron chi connectivity index (χ2n) is 4.15. The summed E-state index contributed by atoms with van der Waals surface area (Å²) >= 11 is 0. The molecule has 1 unspecified atom stereocenters. The van der Waals surface area contributed by atoms with Crippen molar-refractivity contribution in [3.8, 4) is 0 Å². The van der Waals surface area contributed by atoms with E-state index >= 15 is 0 Å². The number of rotatable bonds is 1. The summed E-state index contributed by atoms with van der Waals surface area (Å²) in [6, 6.07) is 0. The Bertz CT molecular complexity index is 270. The quantitative estimate of drug-likeness (QED) is 0.627. The lowest BCUT2D eigenvalue weighted by Gasteiger charge is -2.31. The molecule has 2 aliphatic heterocycles. The van der Waals surface area contributed by atoms with E-state index in [0.717, 1.165) is 26.1 Å². The van der Waals surface area contributed by atoms with Gasteiger partial charge in [-0.15, -0.1) is 0 Å². The zero-order chi connectivity index (χ0) is 10.7. The molecule has 1 amide bonds. The van der Waals surface area contributed by atoms with E-state index in [0.29, 0.717) is 13.2 Å². The Morgan fingerprint density at radius 3 is 3.13 bits per heavy atom. The molecule has 0 aliphatic carbocycles. The van der Waals surface area contributed by atoms with Crippen molar-refractivity contribution in [1.29, 1.82) is 0 Å². The van der Waals surface area contributed by atoms with Crippen LogP contribution in [0.3, 0.4) is 0 Å². The van der Waals surface area contributed by atoms with Gasteiger partial charge in [0.05, 0.1) is 6.61 Å². The van der Waals surface area contributed by atoms with Gasteiger partial charge in [-0.1, -0.05) is 11.6 Å². The van der Waals surface area contributed by atoms with Crippen LogP contribution in [0.5, 0.6) is 0 Å². The van der Waals surface area contributed by atoms with Gasteiger partial charge in [0.2, 0.25) is 0 Å². The average molecular weight is 210 g/mol. The Hall–Kier alpha value is -0.870. The molecule has 1 fully saturated rings. The third kappa shape index (κ3) is 2.58. The Kier molecular flexibility index (Phi) is 3.38. The van der Waals surface area contributed by atoms with Crippen molar-refractivity contribution in [1.82, 2.24) is 10.2 Å². The van der Waals surface area contributed by atoms with Gasteiger partial charge in [-0.05, 0) is 13.3 Å². The number of hydrogen-bond donors (Lipinski definition) is 1. The molecule has 2 aliphatic rings. The number of carbonyl (C=O) groups excluding carboxylic acids is 1. The van der Waals surface area contributed by atoms with E-state index < -0.39 is 0 Å². The summed E-state index contributed by atoms with van der Waals surface area (Å²) < 4.78 is 5.45. The van der Waals surface area contributed by atoms with Gasteiger partial charge in [0.25, 0.3) is 5.91 Å². The highest BCUT2D eigenvalue weighted by atomic mass is 16.5. The summed E-state index contributed by atoms with van der Waals surface area (Å²) in [6.45, 7) is 5.83. The average Bonchev–Trinajstić information content (AvgIpc) is 2.30. The van der Waals surface area contributed by atoms with Gasteiger partial charge in [0.1, 0.15) is 6.10 Å². The molecule has 2 heterocycles. The van der Waals surface area contributed by atoms with E-state index in [2.05, 4.69) is 18.3 Å². The predicted molar refractivity (Wildman–Crippen MR) is 57.6 cm³/mol. The van der Waals surface area contributed by atoms with Gasteiger partial charge in [-0.2, -0.15) is 0 Å². The zero-order valence-electron chi connectivity index (χ0n) is 9.16. The molecule has 15 heavy (non-hydrogen) atoms. The van der Waals surface area contributed by atoms with Crippen LogP contribution in [0.25, 0.3) is 0 Å². The zero-order valence-corrected chi connectivity index (χ0v) is 9.16. The molecule has 1 atom stereocenters. The molecule has 0 aromatic rings. The predicted octanol–water partition coefficient (Wildman–Crippen LogP) is 0.153. The maximum Gasteiger partial charge on any atom is 0.253 e. The maximum absolute atomic E-state index is 12.0. The number of nitrogens with zero attached hydrogens (tertiary/aromatic N) is 1. The lowest BCUT2D eigenvalue weighted by atomic mass is 10.1. The van der Waals surface area contributed by atoms with Gasteiger partial charge >= 0.3 is 0 Å². The number of hydrogen-bond acceptors (Lipinski definition) is 3. The van der Waals surface area contributed by atoms with E-state index in [4.69, 9.17) is 4.74 Å². The molecule has 0 bridgehead atoms. The molecular formula is C11H18N2O2. The molecule has 0 aromatic heterocycles. The van der Waals surface area contributed by atoms with Crippen LogP contribution in [0.1, 0.15) is 13.3 Å². The lowest BCUT2D eigenvalue weighted by Crippen LogP contribution is -2.50. The van der Waals surface area contributed by atoms with Crippen molar-refractivity contribution in [3.63, 3.8) is 0 Å². The van der Waals surface area contributed by atoms with Crippen molar-refractivity contribution >= 4 is 5.91 Å². The molecule has 0 spiro atoms. The lowest BCUT2D eigenvalue weighted by molar-refractivity contribution is -0.144. The molecular weight excluding hydrogens is 192 g/mol. The minimum absolute atomic E-state index is 0.131. The minimum Gasteiger partial charge on any atom is -0.366 e. The molecule has 0 aromatic carbocycles. The van der Waals surface area contributed by atoms with E-state index in [-0.39, 0.29) is 12.0 Å². The van der Waals surface area contributed by atoms with E-state index in [1.54, 1.807) is 0 Å². The van der Waals surface area contributed by atoms with Crippen molar-refractivity contribution in [2.75, 3.05) is 32.8 Å². The van der Waals surface area contributed by atoms with Crippen LogP contribution in [0.2, 0.25) is 0 Å². The Balaban J connectivity index is 1.90. The van der Waals surface area contributed by atoms with Crippen molar-refractivity contribution in [3.05, 3.63) is 11.6 Å². The van der Waals surface area contributed by atoms with Crippen LogP contribution in [0.15, 0.2) is 11.6 Å². The van der Waals surface area contributed by atoms with Gasteiger partial charge in [-0.25, -0.2) is 0 Å². The first-order chi connectivity index (χ1) is 7.27. The van der Waals surface area contributed by atoms with Crippen molar-refractivity contribution < 1.29 is 9.53 Å². The normalized spacial score (nSPS) is 27.4. The number of nitrogens with one attached hydrogen (secondary N) is 1. The minimum atomic E-state index is -0.273. The SMILES string of the molecule is CC1=CCN(C(=O)C2CNCCO2)CC1. The topological polar surface area (TPSA) is 41.6 Å². The molecule has 84 valence electrons. The Morgan fingerprint density at radius 2 is 2.53 bits per heavy atom. The van der Waals surface area contributed by atoms with Gasteiger partial charge in [-0.3, -0.25) is 4.79 Å². The van der Waals surface area contributed by atoms with Gasteiger partial charge in [0, 0.05) is 26.2 Å². The molecule has 0 radical (unpaired) electrons. The first kappa shape index (κ1) is 10.6. The third-order valence-electron chi connectivity index (χ3n) is 2.95. The smallest absolute Gasteiger partial charge is 0.253 e. The van der Waals surface area contributed by atoms with E-state index in [1.165, 1.54) is 5.57 Å². The first-order valence-electron chi connectivity index (χ1n) is 5.54. The van der Waals surface area contributed by atoms with Crippen molar-refractivity contribution in [2.45, 2.75) is 19.4 Å². The highest BCUT2D eigenvalue weighted by Crippen LogP contribution is 2.12. The molecule has 4 heteroatoms. The fraction of sp³-hybridized carbons (Fsp3) is 0.727. The molecule has 1 saturated heterocycles. The second-order valence-corrected chi connectivity index (χ2v) is 4.15. The van der Waals surface area contributed by atoms with E-state index in [1.807, 2.05) is 4.90 Å². The standard InChI is InChI=1S/C11H18N2O2/c1-9-2-5-13(6-3-9)11(14)10-8-12-4-7-15-10/h2,10,12H,3-8H2,1H3.